The van der Waals surface area contributed by atoms with Crippen LogP contribution in [0, 0.1) is 5.92 Å². The monoisotopic (exact) mass is 319 g/mol. The number of piperidine rings is 1. The number of thioether (sulfide) groups is 1. The van der Waals surface area contributed by atoms with Gasteiger partial charge in [0.25, 0.3) is 0 Å². The maximum atomic E-state index is 12.2. The minimum Gasteiger partial charge on any atom is -0.449 e. The molecule has 0 aromatic carbocycles. The van der Waals surface area contributed by atoms with Gasteiger partial charge < -0.3 is 15.2 Å². The maximum Gasteiger partial charge on any atom is 0.512 e. The van der Waals surface area contributed by atoms with Crippen molar-refractivity contribution in [3.05, 3.63) is 35.3 Å². The average molecular weight is 319 g/mol. The van der Waals surface area contributed by atoms with Gasteiger partial charge in [0.1, 0.15) is 6.04 Å². The molecule has 2 saturated heterocycles. The molecule has 4 heterocycles. The van der Waals surface area contributed by atoms with Gasteiger partial charge in [0.05, 0.1) is 10.9 Å². The summed E-state index contributed by atoms with van der Waals surface area (Å²) in [4.78, 5) is 30.4. The third-order valence-corrected chi connectivity index (χ3v) is 5.41. The van der Waals surface area contributed by atoms with Gasteiger partial charge in [0.15, 0.2) is 0 Å². The van der Waals surface area contributed by atoms with Gasteiger partial charge in [0.2, 0.25) is 11.8 Å². The van der Waals surface area contributed by atoms with Crippen molar-refractivity contribution >= 4 is 23.8 Å². The van der Waals surface area contributed by atoms with Crippen molar-refractivity contribution < 1.29 is 19.4 Å². The van der Waals surface area contributed by atoms with Crippen molar-refractivity contribution in [2.24, 2.45) is 5.92 Å². The molecule has 3 aliphatic rings. The van der Waals surface area contributed by atoms with E-state index in [0.29, 0.717) is 0 Å². The zero-order chi connectivity index (χ0) is 15.3. The molecule has 1 aromatic heterocycles. The summed E-state index contributed by atoms with van der Waals surface area (Å²) in [6.45, 7) is 0.742. The van der Waals surface area contributed by atoms with E-state index in [2.05, 4.69) is 10.3 Å². The van der Waals surface area contributed by atoms with Gasteiger partial charge in [0, 0.05) is 23.2 Å². The number of carbonyl (C=O) groups excluding carboxylic acids is 1. The highest BCUT2D eigenvalue weighted by molar-refractivity contribution is 8.03. The number of β-lactam (4-membered cyclic amide) rings is 1. The molecule has 22 heavy (non-hydrogen) atoms. The number of amides is 1. The third-order valence-electron chi connectivity index (χ3n) is 4.20. The highest BCUT2D eigenvalue weighted by Gasteiger charge is 2.61. The van der Waals surface area contributed by atoms with Crippen molar-refractivity contribution in [1.29, 1.82) is 0 Å². The molecule has 1 unspecified atom stereocenters. The summed E-state index contributed by atoms with van der Waals surface area (Å²) in [5, 5.41) is 12.2. The molecule has 0 aliphatic carbocycles. The van der Waals surface area contributed by atoms with E-state index in [9.17, 15) is 9.59 Å². The van der Waals surface area contributed by atoms with Crippen LogP contribution in [0.2, 0.25) is 0 Å². The Hall–Kier alpha value is -2.06. The first-order chi connectivity index (χ1) is 10.7. The predicted octanol–water partition coefficient (Wildman–Crippen LogP) is 1.24. The number of ether oxygens (including phenoxy) is 1. The molecule has 0 bridgehead atoms. The van der Waals surface area contributed by atoms with Gasteiger partial charge in [-0.05, 0) is 25.1 Å². The Kier molecular flexibility index (Phi) is 3.08. The van der Waals surface area contributed by atoms with Crippen LogP contribution in [-0.4, -0.2) is 45.7 Å². The first-order valence-electron chi connectivity index (χ1n) is 6.96. The Morgan fingerprint density at radius 2 is 2.23 bits per heavy atom. The fraction of sp³-hybridized carbons (Fsp3) is 0.357. The van der Waals surface area contributed by atoms with E-state index in [4.69, 9.17) is 9.84 Å². The van der Waals surface area contributed by atoms with E-state index in [-0.39, 0.29) is 29.8 Å². The van der Waals surface area contributed by atoms with Crippen LogP contribution in [0.15, 0.2) is 40.2 Å². The maximum absolute atomic E-state index is 12.2. The first kappa shape index (κ1) is 13.6. The number of pyridine rings is 1. The average Bonchev–Trinajstić information content (AvgIpc) is 2.80. The van der Waals surface area contributed by atoms with Crippen LogP contribution in [0.25, 0.3) is 0 Å². The standard InChI is InChI=1S/C14H13N3O4S/c18-12-9-10-8(3-6-16-9)11(13(17(10)12)21-14(19)20)22-7-1-4-15-5-2-7/h1-2,4-5,8-10,16H,3,6H2,(H,19,20)/t8?,9-,10+/m0/s1. The Morgan fingerprint density at radius 1 is 1.45 bits per heavy atom. The van der Waals surface area contributed by atoms with E-state index in [0.717, 1.165) is 22.8 Å². The summed E-state index contributed by atoms with van der Waals surface area (Å²) in [6.07, 6.45) is 2.82. The summed E-state index contributed by atoms with van der Waals surface area (Å²) in [5.41, 5.74) is 0. The Labute approximate surface area is 130 Å². The van der Waals surface area contributed by atoms with Crippen molar-refractivity contribution in [2.75, 3.05) is 6.54 Å². The normalized spacial score (nSPS) is 29.2. The molecule has 1 amide bonds. The molecule has 2 fully saturated rings. The number of nitrogens with zero attached hydrogens (tertiary/aromatic N) is 2. The van der Waals surface area contributed by atoms with Crippen LogP contribution in [0.3, 0.4) is 0 Å². The Morgan fingerprint density at radius 3 is 2.95 bits per heavy atom. The van der Waals surface area contributed by atoms with Crippen LogP contribution in [0.5, 0.6) is 0 Å². The largest absolute Gasteiger partial charge is 0.512 e. The van der Waals surface area contributed by atoms with Crippen LogP contribution in [0.1, 0.15) is 6.42 Å². The number of hydrogen-bond acceptors (Lipinski definition) is 6. The van der Waals surface area contributed by atoms with Crippen molar-refractivity contribution in [3.63, 3.8) is 0 Å². The third kappa shape index (κ3) is 1.91. The molecule has 0 radical (unpaired) electrons. The SMILES string of the molecule is O=C(O)OC1=C(Sc2ccncc2)C2CCN[C@@H]3C(=O)N1[C@H]23. The lowest BCUT2D eigenvalue weighted by Gasteiger charge is -2.48. The van der Waals surface area contributed by atoms with E-state index in [1.807, 2.05) is 12.1 Å². The highest BCUT2D eigenvalue weighted by atomic mass is 32.2. The molecule has 114 valence electrons. The Bertz CT molecular complexity index is 678. The molecule has 1 aromatic rings. The highest BCUT2D eigenvalue weighted by Crippen LogP contribution is 2.51. The molecule has 2 N–H and O–H groups in total. The van der Waals surface area contributed by atoms with Crippen LogP contribution >= 0.6 is 11.8 Å². The number of hydrogen-bond donors (Lipinski definition) is 2. The number of aromatic nitrogens is 1. The minimum atomic E-state index is -1.40. The quantitative estimate of drug-likeness (QED) is 0.639. The molecule has 3 atom stereocenters. The molecule has 0 saturated carbocycles. The van der Waals surface area contributed by atoms with E-state index >= 15 is 0 Å². The van der Waals surface area contributed by atoms with Gasteiger partial charge >= 0.3 is 6.16 Å². The smallest absolute Gasteiger partial charge is 0.449 e. The van der Waals surface area contributed by atoms with Crippen LogP contribution in [-0.2, 0) is 9.53 Å². The summed E-state index contributed by atoms with van der Waals surface area (Å²) in [7, 11) is 0. The van der Waals surface area contributed by atoms with Crippen molar-refractivity contribution in [3.8, 4) is 0 Å². The zero-order valence-corrected chi connectivity index (χ0v) is 12.2. The molecule has 3 aliphatic heterocycles. The topological polar surface area (TPSA) is 91.8 Å². The minimum absolute atomic E-state index is 0.0278. The van der Waals surface area contributed by atoms with Gasteiger partial charge in [-0.3, -0.25) is 14.7 Å². The fourth-order valence-electron chi connectivity index (χ4n) is 3.33. The van der Waals surface area contributed by atoms with Crippen molar-refractivity contribution in [2.45, 2.75) is 23.4 Å². The number of rotatable bonds is 3. The second-order valence-electron chi connectivity index (χ2n) is 5.35. The number of carbonyl (C=O) groups is 2. The zero-order valence-electron chi connectivity index (χ0n) is 11.4. The molecular weight excluding hydrogens is 306 g/mol. The van der Waals surface area contributed by atoms with E-state index in [1.165, 1.54) is 16.7 Å². The first-order valence-corrected chi connectivity index (χ1v) is 7.78. The number of carboxylic acid groups (broad SMARTS) is 1. The lowest BCUT2D eigenvalue weighted by molar-refractivity contribution is -0.152. The lowest BCUT2D eigenvalue weighted by atomic mass is 9.82. The molecule has 7 nitrogen and oxygen atoms in total. The second-order valence-corrected chi connectivity index (χ2v) is 6.46. The molecule has 0 spiro atoms. The van der Waals surface area contributed by atoms with Gasteiger partial charge in [-0.2, -0.15) is 0 Å². The molecule has 8 heteroatoms. The van der Waals surface area contributed by atoms with Gasteiger partial charge in [-0.1, -0.05) is 11.8 Å². The fourth-order valence-corrected chi connectivity index (χ4v) is 4.48. The second kappa shape index (κ2) is 4.99. The summed E-state index contributed by atoms with van der Waals surface area (Å²) >= 11 is 1.45. The molecular formula is C14H13N3O4S. The van der Waals surface area contributed by atoms with Crippen molar-refractivity contribution in [1.82, 2.24) is 15.2 Å². The van der Waals surface area contributed by atoms with Crippen LogP contribution < -0.4 is 5.32 Å². The lowest BCUT2D eigenvalue weighted by Crippen LogP contribution is -2.71. The van der Waals surface area contributed by atoms with Gasteiger partial charge in [-0.25, -0.2) is 4.79 Å². The Balaban J connectivity index is 1.72. The van der Waals surface area contributed by atoms with Gasteiger partial charge in [-0.15, -0.1) is 0 Å². The van der Waals surface area contributed by atoms with Crippen LogP contribution in [0.4, 0.5) is 4.79 Å². The van der Waals surface area contributed by atoms with E-state index < -0.39 is 6.16 Å². The number of nitrogens with one attached hydrogen (secondary N) is 1. The summed E-state index contributed by atoms with van der Waals surface area (Å²) in [5.74, 6) is 0.182. The summed E-state index contributed by atoms with van der Waals surface area (Å²) in [6, 6.07) is 3.46. The molecule has 4 rings (SSSR count). The predicted molar refractivity (Wildman–Crippen MR) is 76.8 cm³/mol. The van der Waals surface area contributed by atoms with E-state index in [1.54, 1.807) is 12.4 Å². The summed E-state index contributed by atoms with van der Waals surface area (Å²) < 4.78 is 4.95.